The minimum absolute atomic E-state index is 0.0989. The normalized spacial score (nSPS) is 65.9. The van der Waals surface area contributed by atoms with Crippen LogP contribution in [0.1, 0.15) is 12.0 Å². The number of hydrogen-bond donors (Lipinski definition) is 2. The van der Waals surface area contributed by atoms with Gasteiger partial charge < -0.3 is 10.2 Å². The first-order valence-electron chi connectivity index (χ1n) is 7.69. The van der Waals surface area contributed by atoms with Crippen LogP contribution in [-0.4, -0.2) is 22.4 Å². The van der Waals surface area contributed by atoms with Crippen LogP contribution in [0.4, 0.5) is 0 Å². The van der Waals surface area contributed by atoms with E-state index in [0.717, 1.165) is 5.92 Å². The van der Waals surface area contributed by atoms with Crippen molar-refractivity contribution >= 4 is 0 Å². The van der Waals surface area contributed by atoms with Crippen LogP contribution in [0.3, 0.4) is 0 Å². The molecular weight excluding hydrogens is 236 g/mol. The van der Waals surface area contributed by atoms with Crippen molar-refractivity contribution in [2.45, 2.75) is 24.0 Å². The Morgan fingerprint density at radius 2 is 1.68 bits per heavy atom. The maximum Gasteiger partial charge on any atom is 0.0677 e. The summed E-state index contributed by atoms with van der Waals surface area (Å²) in [6, 6.07) is 10.6. The largest absolute Gasteiger partial charge is 0.392 e. The van der Waals surface area contributed by atoms with Crippen molar-refractivity contribution < 1.29 is 10.2 Å². The molecule has 98 valence electrons. The summed E-state index contributed by atoms with van der Waals surface area (Å²) >= 11 is 0. The van der Waals surface area contributed by atoms with E-state index in [1.165, 1.54) is 12.0 Å². The molecule has 6 bridgehead atoms. The van der Waals surface area contributed by atoms with Crippen molar-refractivity contribution in [1.82, 2.24) is 0 Å². The molecule has 0 heterocycles. The lowest BCUT2D eigenvalue weighted by atomic mass is 9.61. The van der Waals surface area contributed by atoms with Crippen molar-refractivity contribution in [3.05, 3.63) is 35.9 Å². The Kier molecular flexibility index (Phi) is 1.38. The predicted molar refractivity (Wildman–Crippen MR) is 69.2 cm³/mol. The molecule has 0 radical (unpaired) electrons. The van der Waals surface area contributed by atoms with Crippen LogP contribution in [-0.2, 0) is 5.41 Å². The average Bonchev–Trinajstić information content (AvgIpc) is 3.15. The van der Waals surface area contributed by atoms with E-state index in [4.69, 9.17) is 0 Å². The van der Waals surface area contributed by atoms with Gasteiger partial charge in [-0.15, -0.1) is 0 Å². The summed E-state index contributed by atoms with van der Waals surface area (Å²) in [5, 5.41) is 21.8. The average molecular weight is 254 g/mol. The maximum atomic E-state index is 11.0. The van der Waals surface area contributed by atoms with E-state index in [1.54, 1.807) is 0 Å². The van der Waals surface area contributed by atoms with Crippen LogP contribution < -0.4 is 0 Å². The molecule has 0 saturated heterocycles. The van der Waals surface area contributed by atoms with Gasteiger partial charge in [0.05, 0.1) is 12.2 Å². The lowest BCUT2D eigenvalue weighted by molar-refractivity contribution is 0.0683. The third kappa shape index (κ3) is 0.696. The van der Waals surface area contributed by atoms with E-state index in [2.05, 4.69) is 24.3 Å². The number of benzene rings is 1. The second-order valence-corrected chi connectivity index (χ2v) is 7.58. The van der Waals surface area contributed by atoms with E-state index in [9.17, 15) is 10.2 Å². The molecule has 7 rings (SSSR count). The second kappa shape index (κ2) is 2.64. The minimum atomic E-state index is -0.202. The number of rotatable bonds is 1. The lowest BCUT2D eigenvalue weighted by Gasteiger charge is -2.42. The van der Waals surface area contributed by atoms with Gasteiger partial charge in [-0.3, -0.25) is 0 Å². The van der Waals surface area contributed by atoms with Gasteiger partial charge in [-0.05, 0) is 47.5 Å². The Balaban J connectivity index is 1.68. The van der Waals surface area contributed by atoms with Crippen molar-refractivity contribution in [2.75, 3.05) is 0 Å². The summed E-state index contributed by atoms with van der Waals surface area (Å²) in [7, 11) is 0. The molecule has 1 aromatic rings. The molecule has 0 unspecified atom stereocenters. The van der Waals surface area contributed by atoms with E-state index in [1.807, 2.05) is 6.07 Å². The molecule has 0 spiro atoms. The fourth-order valence-electron chi connectivity index (χ4n) is 7.93. The van der Waals surface area contributed by atoms with Gasteiger partial charge in [-0.2, -0.15) is 0 Å². The summed E-state index contributed by atoms with van der Waals surface area (Å²) in [5.74, 6) is 3.93. The third-order valence-electron chi connectivity index (χ3n) is 7.76. The third-order valence-corrected chi connectivity index (χ3v) is 7.76. The van der Waals surface area contributed by atoms with Crippen LogP contribution >= 0.6 is 0 Å². The summed E-state index contributed by atoms with van der Waals surface area (Å²) in [6.45, 7) is 0. The smallest absolute Gasteiger partial charge is 0.0677 e. The van der Waals surface area contributed by atoms with Gasteiger partial charge in [-0.25, -0.2) is 0 Å². The monoisotopic (exact) mass is 254 g/mol. The lowest BCUT2D eigenvalue weighted by Crippen LogP contribution is -2.44. The van der Waals surface area contributed by atoms with E-state index in [-0.39, 0.29) is 17.6 Å². The van der Waals surface area contributed by atoms with Gasteiger partial charge in [0.1, 0.15) is 0 Å². The Bertz CT molecular complexity index is 580. The number of aliphatic hydroxyl groups excluding tert-OH is 2. The van der Waals surface area contributed by atoms with Gasteiger partial charge in [0.15, 0.2) is 0 Å². The molecule has 0 aliphatic heterocycles. The van der Waals surface area contributed by atoms with Crippen LogP contribution in [0.5, 0.6) is 0 Å². The standard InChI is InChI=1S/C17H18O2/c18-15-12-8-6-9-11-10(8)14(15)17(13(9)12,16(11)19)7-4-2-1-3-5-7/h1-5,8-16,18-19H,6H2/t8-,9+,10-,11+,12+,13-,14+,15+,16+,17-/m1/s1. The maximum absolute atomic E-state index is 11.0. The summed E-state index contributed by atoms with van der Waals surface area (Å²) in [5.41, 5.74) is 1.20. The second-order valence-electron chi connectivity index (χ2n) is 7.58. The SMILES string of the molecule is O[C@H]1[C@H]2[C@@H]3C[C@H]4[C@H]5[C@@H]3[C@@H]1[C@@](c1ccccc1)([C@H]42)[C@H]5O. The van der Waals surface area contributed by atoms with Crippen LogP contribution in [0.15, 0.2) is 30.3 Å². The van der Waals surface area contributed by atoms with Crippen molar-refractivity contribution in [1.29, 1.82) is 0 Å². The highest BCUT2D eigenvalue weighted by atomic mass is 16.3. The molecular formula is C17H18O2. The highest BCUT2D eigenvalue weighted by Gasteiger charge is 2.89. The van der Waals surface area contributed by atoms with Crippen molar-refractivity contribution in [3.8, 4) is 0 Å². The molecule has 6 saturated carbocycles. The molecule has 2 nitrogen and oxygen atoms in total. The Labute approximate surface area is 112 Å². The molecule has 6 fully saturated rings. The van der Waals surface area contributed by atoms with Crippen LogP contribution in [0.25, 0.3) is 0 Å². The molecule has 6 aliphatic carbocycles. The van der Waals surface area contributed by atoms with E-state index in [0.29, 0.717) is 35.5 Å². The first-order chi connectivity index (χ1) is 9.28. The summed E-state index contributed by atoms with van der Waals surface area (Å²) in [4.78, 5) is 0. The van der Waals surface area contributed by atoms with Crippen LogP contribution in [0, 0.1) is 41.4 Å². The summed E-state index contributed by atoms with van der Waals surface area (Å²) in [6.07, 6.45) is 0.934. The van der Waals surface area contributed by atoms with Gasteiger partial charge >= 0.3 is 0 Å². The molecule has 19 heavy (non-hydrogen) atoms. The van der Waals surface area contributed by atoms with Gasteiger partial charge in [-0.1, -0.05) is 30.3 Å². The first kappa shape index (κ1) is 9.95. The molecule has 2 N–H and O–H groups in total. The van der Waals surface area contributed by atoms with Crippen LogP contribution in [0.2, 0.25) is 0 Å². The van der Waals surface area contributed by atoms with Gasteiger partial charge in [0, 0.05) is 11.3 Å². The van der Waals surface area contributed by atoms with Gasteiger partial charge in [0.25, 0.3) is 0 Å². The van der Waals surface area contributed by atoms with Crippen molar-refractivity contribution in [2.24, 2.45) is 41.4 Å². The van der Waals surface area contributed by atoms with Crippen molar-refractivity contribution in [3.63, 3.8) is 0 Å². The first-order valence-corrected chi connectivity index (χ1v) is 7.69. The topological polar surface area (TPSA) is 40.5 Å². The number of aliphatic hydroxyl groups is 2. The Morgan fingerprint density at radius 3 is 2.47 bits per heavy atom. The number of hydrogen-bond acceptors (Lipinski definition) is 2. The van der Waals surface area contributed by atoms with Gasteiger partial charge in [0.2, 0.25) is 0 Å². The van der Waals surface area contributed by atoms with E-state index < -0.39 is 0 Å². The molecule has 2 heteroatoms. The minimum Gasteiger partial charge on any atom is -0.392 e. The molecule has 6 aliphatic rings. The highest BCUT2D eigenvalue weighted by Crippen LogP contribution is 2.86. The summed E-state index contributed by atoms with van der Waals surface area (Å²) < 4.78 is 0. The fraction of sp³-hybridized carbons (Fsp3) is 0.647. The van der Waals surface area contributed by atoms with E-state index >= 15 is 0 Å². The molecule has 1 aromatic carbocycles. The quantitative estimate of drug-likeness (QED) is 0.795. The molecule has 10 atom stereocenters. The zero-order valence-corrected chi connectivity index (χ0v) is 10.7. The fourth-order valence-corrected chi connectivity index (χ4v) is 7.93. The zero-order chi connectivity index (χ0) is 12.5. The molecule has 0 aromatic heterocycles. The Morgan fingerprint density at radius 1 is 0.895 bits per heavy atom. The predicted octanol–water partition coefficient (Wildman–Crippen LogP) is 1.42. The highest BCUT2D eigenvalue weighted by molar-refractivity contribution is 5.47. The Hall–Kier alpha value is -0.860. The zero-order valence-electron chi connectivity index (χ0n) is 10.7. The molecule has 0 amide bonds.